The number of halogens is 1. The maximum atomic E-state index is 13.7. The van der Waals surface area contributed by atoms with Crippen molar-refractivity contribution < 1.29 is 13.9 Å². The molecule has 1 aliphatic heterocycles. The normalized spacial score (nSPS) is 14.8. The second kappa shape index (κ2) is 4.19. The zero-order valence-electron chi connectivity index (χ0n) is 8.44. The number of hydrogen-bond acceptors (Lipinski definition) is 3. The van der Waals surface area contributed by atoms with E-state index in [9.17, 15) is 9.18 Å². The van der Waals surface area contributed by atoms with Crippen molar-refractivity contribution in [3.8, 4) is 6.07 Å². The van der Waals surface area contributed by atoms with E-state index < -0.39 is 11.9 Å². The summed E-state index contributed by atoms with van der Waals surface area (Å²) in [7, 11) is 0. The van der Waals surface area contributed by atoms with Gasteiger partial charge in [0.1, 0.15) is 18.5 Å². The Morgan fingerprint density at radius 1 is 1.56 bits per heavy atom. The number of amides is 1. The predicted octanol–water partition coefficient (Wildman–Crippen LogP) is 1.65. The van der Waals surface area contributed by atoms with Crippen LogP contribution in [-0.2, 0) is 11.3 Å². The van der Waals surface area contributed by atoms with Crippen LogP contribution in [0, 0.1) is 17.1 Å². The van der Waals surface area contributed by atoms with Gasteiger partial charge in [-0.25, -0.2) is 9.18 Å². The average Bonchev–Trinajstić information content (AvgIpc) is 2.68. The van der Waals surface area contributed by atoms with Gasteiger partial charge in [-0.3, -0.25) is 0 Å². The van der Waals surface area contributed by atoms with Gasteiger partial charge >= 0.3 is 6.09 Å². The molecule has 2 rings (SSSR count). The van der Waals surface area contributed by atoms with Crippen molar-refractivity contribution in [3.63, 3.8) is 0 Å². The Hall–Kier alpha value is -2.09. The molecule has 5 heteroatoms. The number of hydrogen-bond donors (Lipinski definition) is 0. The smallest absolute Gasteiger partial charge is 0.410 e. The predicted molar refractivity (Wildman–Crippen MR) is 52.9 cm³/mol. The number of nitriles is 1. The Bertz CT molecular complexity index is 468. The van der Waals surface area contributed by atoms with Crippen LogP contribution >= 0.6 is 0 Å². The second-order valence-electron chi connectivity index (χ2n) is 3.43. The number of ether oxygens (including phenoxy) is 1. The van der Waals surface area contributed by atoms with Gasteiger partial charge in [0.15, 0.2) is 0 Å². The fraction of sp³-hybridized carbons (Fsp3) is 0.273. The molecule has 0 saturated carbocycles. The first-order valence-electron chi connectivity index (χ1n) is 4.81. The number of rotatable bonds is 2. The van der Waals surface area contributed by atoms with Gasteiger partial charge in [0.25, 0.3) is 0 Å². The third-order valence-corrected chi connectivity index (χ3v) is 2.41. The lowest BCUT2D eigenvalue weighted by Gasteiger charge is -2.13. The number of benzene rings is 1. The van der Waals surface area contributed by atoms with E-state index in [0.29, 0.717) is 18.7 Å². The Morgan fingerprint density at radius 2 is 2.38 bits per heavy atom. The molecule has 1 saturated heterocycles. The molecule has 16 heavy (non-hydrogen) atoms. The molecule has 1 amide bonds. The first-order valence-corrected chi connectivity index (χ1v) is 4.81. The van der Waals surface area contributed by atoms with Crippen LogP contribution in [0.2, 0.25) is 0 Å². The van der Waals surface area contributed by atoms with Crippen molar-refractivity contribution in [2.45, 2.75) is 6.54 Å². The molecule has 0 aromatic heterocycles. The Kier molecular flexibility index (Phi) is 2.73. The molecule has 0 bridgehead atoms. The molecule has 0 unspecified atom stereocenters. The van der Waals surface area contributed by atoms with Crippen molar-refractivity contribution in [3.05, 3.63) is 35.1 Å². The van der Waals surface area contributed by atoms with E-state index in [-0.39, 0.29) is 12.1 Å². The summed E-state index contributed by atoms with van der Waals surface area (Å²) in [6.45, 7) is 0.924. The van der Waals surface area contributed by atoms with Gasteiger partial charge in [-0.05, 0) is 6.07 Å². The van der Waals surface area contributed by atoms with E-state index in [1.54, 1.807) is 18.2 Å². The first-order chi connectivity index (χ1) is 7.72. The van der Waals surface area contributed by atoms with E-state index in [4.69, 9.17) is 10.00 Å². The Labute approximate surface area is 91.8 Å². The van der Waals surface area contributed by atoms with Crippen LogP contribution in [0.1, 0.15) is 11.1 Å². The Morgan fingerprint density at radius 3 is 3.00 bits per heavy atom. The zero-order valence-corrected chi connectivity index (χ0v) is 8.44. The molecule has 1 aliphatic rings. The van der Waals surface area contributed by atoms with Crippen LogP contribution < -0.4 is 0 Å². The lowest BCUT2D eigenvalue weighted by atomic mass is 10.1. The number of carbonyl (C=O) groups excluding carboxylic acids is 1. The maximum Gasteiger partial charge on any atom is 0.410 e. The molecule has 1 aromatic rings. The molecular formula is C11H9FN2O2. The fourth-order valence-electron chi connectivity index (χ4n) is 1.56. The SMILES string of the molecule is N#Cc1cccc(CN2CCOC2=O)c1F. The third kappa shape index (κ3) is 1.82. The maximum absolute atomic E-state index is 13.7. The minimum absolute atomic E-state index is 0.00920. The highest BCUT2D eigenvalue weighted by molar-refractivity contribution is 5.69. The molecule has 1 aromatic carbocycles. The van der Waals surface area contributed by atoms with Crippen molar-refractivity contribution in [2.75, 3.05) is 13.2 Å². The van der Waals surface area contributed by atoms with Crippen molar-refractivity contribution in [2.24, 2.45) is 0 Å². The van der Waals surface area contributed by atoms with Crippen LogP contribution in [0.15, 0.2) is 18.2 Å². The first kappa shape index (κ1) is 10.4. The molecule has 0 spiro atoms. The summed E-state index contributed by atoms with van der Waals surface area (Å²) in [4.78, 5) is 12.6. The molecule has 1 fully saturated rings. The summed E-state index contributed by atoms with van der Waals surface area (Å²) < 4.78 is 18.4. The molecule has 0 atom stereocenters. The number of nitrogens with zero attached hydrogens (tertiary/aromatic N) is 2. The summed E-state index contributed by atoms with van der Waals surface area (Å²) in [6.07, 6.45) is -0.443. The fourth-order valence-corrected chi connectivity index (χ4v) is 1.56. The quantitative estimate of drug-likeness (QED) is 0.761. The summed E-state index contributed by atoms with van der Waals surface area (Å²) >= 11 is 0. The molecular weight excluding hydrogens is 211 g/mol. The topological polar surface area (TPSA) is 53.3 Å². The van der Waals surface area contributed by atoms with Gasteiger partial charge in [0.2, 0.25) is 0 Å². The van der Waals surface area contributed by atoms with Crippen molar-refractivity contribution in [1.29, 1.82) is 5.26 Å². The second-order valence-corrected chi connectivity index (χ2v) is 3.43. The molecule has 4 nitrogen and oxygen atoms in total. The molecule has 0 N–H and O–H groups in total. The summed E-state index contributed by atoms with van der Waals surface area (Å²) in [6, 6.07) is 6.32. The van der Waals surface area contributed by atoms with Crippen LogP contribution in [0.25, 0.3) is 0 Å². The van der Waals surface area contributed by atoms with Gasteiger partial charge in [0, 0.05) is 5.56 Å². The van der Waals surface area contributed by atoms with Crippen LogP contribution in [-0.4, -0.2) is 24.1 Å². The van der Waals surface area contributed by atoms with Gasteiger partial charge in [0.05, 0.1) is 18.7 Å². The van der Waals surface area contributed by atoms with E-state index in [2.05, 4.69) is 0 Å². The van der Waals surface area contributed by atoms with E-state index in [1.807, 2.05) is 0 Å². The van der Waals surface area contributed by atoms with Crippen LogP contribution in [0.4, 0.5) is 9.18 Å². The highest BCUT2D eigenvalue weighted by Gasteiger charge is 2.23. The number of cyclic esters (lactones) is 1. The number of carbonyl (C=O) groups is 1. The minimum Gasteiger partial charge on any atom is -0.448 e. The zero-order chi connectivity index (χ0) is 11.5. The van der Waals surface area contributed by atoms with E-state index in [1.165, 1.54) is 11.0 Å². The molecule has 82 valence electrons. The Balaban J connectivity index is 2.22. The summed E-state index contributed by atoms with van der Waals surface area (Å²) in [5.74, 6) is -0.565. The molecule has 1 heterocycles. The monoisotopic (exact) mass is 220 g/mol. The molecule has 0 aliphatic carbocycles. The highest BCUT2D eigenvalue weighted by atomic mass is 19.1. The van der Waals surface area contributed by atoms with E-state index >= 15 is 0 Å². The van der Waals surface area contributed by atoms with Crippen molar-refractivity contribution >= 4 is 6.09 Å². The standard InChI is InChI=1S/C11H9FN2O2/c12-10-8(6-13)2-1-3-9(10)7-14-4-5-16-11(14)15/h1-3H,4-5,7H2. The van der Waals surface area contributed by atoms with Gasteiger partial charge in [-0.1, -0.05) is 12.1 Å². The lowest BCUT2D eigenvalue weighted by Crippen LogP contribution is -2.24. The highest BCUT2D eigenvalue weighted by Crippen LogP contribution is 2.16. The van der Waals surface area contributed by atoms with E-state index in [0.717, 1.165) is 0 Å². The van der Waals surface area contributed by atoms with Gasteiger partial charge < -0.3 is 9.64 Å². The molecule has 0 radical (unpaired) electrons. The van der Waals surface area contributed by atoms with Gasteiger partial charge in [-0.2, -0.15) is 5.26 Å². The third-order valence-electron chi connectivity index (χ3n) is 2.41. The minimum atomic E-state index is -0.565. The van der Waals surface area contributed by atoms with Crippen molar-refractivity contribution in [1.82, 2.24) is 4.90 Å². The lowest BCUT2D eigenvalue weighted by molar-refractivity contribution is 0.157. The van der Waals surface area contributed by atoms with Crippen LogP contribution in [0.5, 0.6) is 0 Å². The van der Waals surface area contributed by atoms with Gasteiger partial charge in [-0.15, -0.1) is 0 Å². The summed E-state index contributed by atoms with van der Waals surface area (Å²) in [5, 5.41) is 8.66. The largest absolute Gasteiger partial charge is 0.448 e. The average molecular weight is 220 g/mol. The van der Waals surface area contributed by atoms with Crippen LogP contribution in [0.3, 0.4) is 0 Å². The summed E-state index contributed by atoms with van der Waals surface area (Å²) in [5.41, 5.74) is 0.322.